The highest BCUT2D eigenvalue weighted by atomic mass is 16.5. The Morgan fingerprint density at radius 2 is 1.76 bits per heavy atom. The quantitative estimate of drug-likeness (QED) is 0.226. The number of methoxy groups -OCH3 is 2. The summed E-state index contributed by atoms with van der Waals surface area (Å²) < 4.78 is 21.8. The molecule has 2 heterocycles. The van der Waals surface area contributed by atoms with Crippen molar-refractivity contribution < 1.29 is 33.6 Å². The van der Waals surface area contributed by atoms with E-state index in [1.807, 2.05) is 0 Å². The molecule has 196 valence electrons. The number of ketones is 1. The first-order chi connectivity index (χ1) is 18.0. The second-order valence-corrected chi connectivity index (χ2v) is 8.68. The Morgan fingerprint density at radius 3 is 2.41 bits per heavy atom. The molecule has 2 fully saturated rings. The maximum absolute atomic E-state index is 13.3. The van der Waals surface area contributed by atoms with Gasteiger partial charge in [0.2, 0.25) is 0 Å². The number of carbonyl (C=O) groups is 2. The second-order valence-electron chi connectivity index (χ2n) is 8.68. The molecule has 0 saturated carbocycles. The Kier molecular flexibility index (Phi) is 8.47. The SMILES string of the molecule is C=CCOc1ccc(/C(O)=C2\C(=O)C(=O)N(CCN3CCOCC3)[C@@H]2c2ccc(OC)c(OC)c2)cc1. The van der Waals surface area contributed by atoms with E-state index < -0.39 is 17.7 Å². The fourth-order valence-electron chi connectivity index (χ4n) is 4.57. The van der Waals surface area contributed by atoms with E-state index >= 15 is 0 Å². The first-order valence-corrected chi connectivity index (χ1v) is 12.1. The van der Waals surface area contributed by atoms with Crippen molar-refractivity contribution in [3.63, 3.8) is 0 Å². The van der Waals surface area contributed by atoms with Crippen molar-refractivity contribution in [3.05, 3.63) is 71.8 Å². The van der Waals surface area contributed by atoms with Crippen molar-refractivity contribution >= 4 is 17.4 Å². The smallest absolute Gasteiger partial charge is 0.295 e. The average Bonchev–Trinajstić information content (AvgIpc) is 3.20. The van der Waals surface area contributed by atoms with Gasteiger partial charge in [0.15, 0.2) is 11.5 Å². The number of Topliss-reactive ketones (excluding diaryl/α,β-unsaturated/α-hetero) is 1. The van der Waals surface area contributed by atoms with Crippen LogP contribution in [0.2, 0.25) is 0 Å². The lowest BCUT2D eigenvalue weighted by Gasteiger charge is -2.31. The Bertz CT molecular complexity index is 1170. The molecule has 2 aliphatic rings. The number of amides is 1. The fourth-order valence-corrected chi connectivity index (χ4v) is 4.57. The van der Waals surface area contributed by atoms with Gasteiger partial charge in [-0.25, -0.2) is 0 Å². The largest absolute Gasteiger partial charge is 0.507 e. The highest BCUT2D eigenvalue weighted by Crippen LogP contribution is 2.42. The van der Waals surface area contributed by atoms with Crippen molar-refractivity contribution in [1.29, 1.82) is 0 Å². The van der Waals surface area contributed by atoms with Crippen LogP contribution in [0.1, 0.15) is 17.2 Å². The van der Waals surface area contributed by atoms with Gasteiger partial charge in [-0.1, -0.05) is 18.7 Å². The molecule has 4 rings (SSSR count). The summed E-state index contributed by atoms with van der Waals surface area (Å²) in [6, 6.07) is 11.1. The highest BCUT2D eigenvalue weighted by molar-refractivity contribution is 6.46. The highest BCUT2D eigenvalue weighted by Gasteiger charge is 2.46. The lowest BCUT2D eigenvalue weighted by Crippen LogP contribution is -2.42. The number of carbonyl (C=O) groups excluding carboxylic acids is 2. The number of nitrogens with zero attached hydrogens (tertiary/aromatic N) is 2. The number of hydrogen-bond donors (Lipinski definition) is 1. The van der Waals surface area contributed by atoms with E-state index in [0.29, 0.717) is 61.3 Å². The third-order valence-corrected chi connectivity index (χ3v) is 6.52. The Morgan fingerprint density at radius 1 is 1.05 bits per heavy atom. The third kappa shape index (κ3) is 5.63. The summed E-state index contributed by atoms with van der Waals surface area (Å²) in [5, 5.41) is 11.3. The lowest BCUT2D eigenvalue weighted by atomic mass is 9.95. The number of aliphatic hydroxyl groups is 1. The molecule has 0 aromatic heterocycles. The summed E-state index contributed by atoms with van der Waals surface area (Å²) in [4.78, 5) is 30.3. The van der Waals surface area contributed by atoms with E-state index in [0.717, 1.165) is 13.1 Å². The molecule has 1 amide bonds. The molecule has 9 nitrogen and oxygen atoms in total. The molecule has 1 N–H and O–H groups in total. The number of morpholine rings is 1. The summed E-state index contributed by atoms with van der Waals surface area (Å²) >= 11 is 0. The standard InChI is InChI=1S/C28H32N2O7/c1-4-15-37-21-8-5-19(6-9-21)26(31)24-25(20-7-10-22(34-2)23(18-20)35-3)30(28(33)27(24)32)12-11-29-13-16-36-17-14-29/h4-10,18,25,31H,1,11-17H2,2-3H3/b26-24+/t25-/m1/s1. The number of benzene rings is 2. The normalized spacial score (nSPS) is 19.6. The van der Waals surface area contributed by atoms with E-state index in [2.05, 4.69) is 11.5 Å². The molecule has 0 spiro atoms. The molecule has 0 radical (unpaired) electrons. The topological polar surface area (TPSA) is 97.8 Å². The predicted octanol–water partition coefficient (Wildman–Crippen LogP) is 3.02. The van der Waals surface area contributed by atoms with Crippen LogP contribution in [0.5, 0.6) is 17.2 Å². The molecule has 2 saturated heterocycles. The zero-order valence-electron chi connectivity index (χ0n) is 21.1. The van der Waals surface area contributed by atoms with Crippen molar-refractivity contribution in [1.82, 2.24) is 9.80 Å². The summed E-state index contributed by atoms with van der Waals surface area (Å²) in [7, 11) is 3.06. The van der Waals surface area contributed by atoms with Gasteiger partial charge in [0, 0.05) is 31.7 Å². The monoisotopic (exact) mass is 508 g/mol. The number of aliphatic hydroxyl groups excluding tert-OH is 1. The molecule has 9 heteroatoms. The van der Waals surface area contributed by atoms with Gasteiger partial charge in [-0.05, 0) is 42.0 Å². The van der Waals surface area contributed by atoms with Gasteiger partial charge in [-0.2, -0.15) is 0 Å². The predicted molar refractivity (Wildman–Crippen MR) is 138 cm³/mol. The van der Waals surface area contributed by atoms with Gasteiger partial charge >= 0.3 is 0 Å². The van der Waals surface area contributed by atoms with Crippen LogP contribution in [0.4, 0.5) is 0 Å². The molecular weight excluding hydrogens is 476 g/mol. The summed E-state index contributed by atoms with van der Waals surface area (Å²) in [6.45, 7) is 7.64. The maximum Gasteiger partial charge on any atom is 0.295 e. The molecule has 0 aliphatic carbocycles. The molecule has 0 bridgehead atoms. The molecule has 2 aliphatic heterocycles. The Labute approximate surface area is 216 Å². The van der Waals surface area contributed by atoms with E-state index in [-0.39, 0.29) is 11.3 Å². The van der Waals surface area contributed by atoms with Crippen molar-refractivity contribution in [2.45, 2.75) is 6.04 Å². The van der Waals surface area contributed by atoms with Gasteiger partial charge in [-0.3, -0.25) is 14.5 Å². The molecule has 2 aromatic carbocycles. The minimum atomic E-state index is -0.794. The molecule has 37 heavy (non-hydrogen) atoms. The van der Waals surface area contributed by atoms with Gasteiger partial charge in [0.25, 0.3) is 11.7 Å². The minimum Gasteiger partial charge on any atom is -0.507 e. The number of rotatable bonds is 10. The summed E-state index contributed by atoms with van der Waals surface area (Å²) in [5.74, 6) is -0.0537. The summed E-state index contributed by atoms with van der Waals surface area (Å²) in [6.07, 6.45) is 1.63. The van der Waals surface area contributed by atoms with E-state index in [4.69, 9.17) is 18.9 Å². The van der Waals surface area contributed by atoms with Crippen molar-refractivity contribution in [3.8, 4) is 17.2 Å². The van der Waals surface area contributed by atoms with Crippen LogP contribution < -0.4 is 14.2 Å². The van der Waals surface area contributed by atoms with Crippen LogP contribution in [0.3, 0.4) is 0 Å². The lowest BCUT2D eigenvalue weighted by molar-refractivity contribution is -0.140. The number of likely N-dealkylation sites (tertiary alicyclic amines) is 1. The van der Waals surface area contributed by atoms with E-state index in [1.165, 1.54) is 19.1 Å². The van der Waals surface area contributed by atoms with Crippen LogP contribution in [-0.4, -0.2) is 86.8 Å². The van der Waals surface area contributed by atoms with Gasteiger partial charge in [0.1, 0.15) is 18.1 Å². The minimum absolute atomic E-state index is 0.0268. The number of hydrogen-bond acceptors (Lipinski definition) is 8. The first kappa shape index (κ1) is 26.2. The zero-order valence-corrected chi connectivity index (χ0v) is 21.1. The average molecular weight is 509 g/mol. The van der Waals surface area contributed by atoms with Crippen LogP contribution in [0, 0.1) is 0 Å². The molecule has 1 atom stereocenters. The molecule has 0 unspecified atom stereocenters. The van der Waals surface area contributed by atoms with Crippen LogP contribution in [0.15, 0.2) is 60.7 Å². The van der Waals surface area contributed by atoms with Crippen LogP contribution in [0.25, 0.3) is 5.76 Å². The summed E-state index contributed by atoms with van der Waals surface area (Å²) in [5.41, 5.74) is 1.06. The fraction of sp³-hybridized carbons (Fsp3) is 0.357. The Balaban J connectivity index is 1.74. The van der Waals surface area contributed by atoms with E-state index in [9.17, 15) is 14.7 Å². The first-order valence-electron chi connectivity index (χ1n) is 12.1. The number of ether oxygens (including phenoxy) is 4. The van der Waals surface area contributed by atoms with Gasteiger partial charge < -0.3 is 29.0 Å². The van der Waals surface area contributed by atoms with Gasteiger partial charge in [0.05, 0.1) is 39.0 Å². The maximum atomic E-state index is 13.3. The zero-order chi connectivity index (χ0) is 26.4. The second kappa shape index (κ2) is 11.9. The van der Waals surface area contributed by atoms with Crippen LogP contribution in [-0.2, 0) is 14.3 Å². The van der Waals surface area contributed by atoms with Crippen molar-refractivity contribution in [2.24, 2.45) is 0 Å². The van der Waals surface area contributed by atoms with Gasteiger partial charge in [-0.15, -0.1) is 0 Å². The third-order valence-electron chi connectivity index (χ3n) is 6.52. The van der Waals surface area contributed by atoms with E-state index in [1.54, 1.807) is 48.5 Å². The molecular formula is C28H32N2O7. The van der Waals surface area contributed by atoms with Crippen LogP contribution >= 0.6 is 0 Å². The van der Waals surface area contributed by atoms with Crippen molar-refractivity contribution in [2.75, 3.05) is 60.2 Å². The Hall–Kier alpha value is -3.82. The molecule has 2 aromatic rings.